The molecule has 2 nitrogen and oxygen atoms in total. The molecule has 0 unspecified atom stereocenters. The minimum atomic E-state index is 0.489. The summed E-state index contributed by atoms with van der Waals surface area (Å²) < 4.78 is 0. The first-order valence-corrected chi connectivity index (χ1v) is 7.66. The first-order valence-electron chi connectivity index (χ1n) is 7.66. The van der Waals surface area contributed by atoms with Crippen molar-refractivity contribution >= 4 is 0 Å². The van der Waals surface area contributed by atoms with Crippen molar-refractivity contribution in [2.45, 2.75) is 57.9 Å². The zero-order valence-electron chi connectivity index (χ0n) is 12.4. The van der Waals surface area contributed by atoms with E-state index in [0.29, 0.717) is 5.75 Å². The Balaban J connectivity index is 1.78. The van der Waals surface area contributed by atoms with Gasteiger partial charge in [0, 0.05) is 6.04 Å². The van der Waals surface area contributed by atoms with Crippen molar-refractivity contribution < 1.29 is 5.11 Å². The normalized spacial score (nSPS) is 17.0. The zero-order chi connectivity index (χ0) is 13.7. The number of nitrogens with zero attached hydrogens (tertiary/aromatic N) is 1. The van der Waals surface area contributed by atoms with E-state index in [0.717, 1.165) is 36.6 Å². The molecule has 0 aliphatic heterocycles. The van der Waals surface area contributed by atoms with Crippen molar-refractivity contribution in [2.24, 2.45) is 0 Å². The number of benzene rings is 1. The Morgan fingerprint density at radius 3 is 2.68 bits per heavy atom. The van der Waals surface area contributed by atoms with Crippen LogP contribution < -0.4 is 0 Å². The van der Waals surface area contributed by atoms with Crippen molar-refractivity contribution in [1.82, 2.24) is 4.90 Å². The fraction of sp³-hybridized carbons (Fsp3) is 0.647. The molecule has 0 radical (unpaired) electrons. The smallest absolute Gasteiger partial charge is 0.121 e. The van der Waals surface area contributed by atoms with Crippen LogP contribution >= 0.6 is 0 Å². The summed E-state index contributed by atoms with van der Waals surface area (Å²) in [5.74, 6) is 0.489. The fourth-order valence-electron chi connectivity index (χ4n) is 3.14. The fourth-order valence-corrected chi connectivity index (χ4v) is 3.14. The molecule has 106 valence electrons. The number of hydrogen-bond donors (Lipinski definition) is 1. The molecule has 1 aliphatic rings. The van der Waals surface area contributed by atoms with Crippen molar-refractivity contribution in [3.63, 3.8) is 0 Å². The average Bonchev–Trinajstić information content (AvgIpc) is 2.44. The summed E-state index contributed by atoms with van der Waals surface area (Å²) in [6.45, 7) is 3.10. The molecule has 0 spiro atoms. The highest BCUT2D eigenvalue weighted by Gasteiger charge is 2.17. The molecule has 1 aliphatic carbocycles. The van der Waals surface area contributed by atoms with Gasteiger partial charge >= 0.3 is 0 Å². The Morgan fingerprint density at radius 1 is 1.21 bits per heavy atom. The van der Waals surface area contributed by atoms with Crippen LogP contribution in [-0.4, -0.2) is 29.6 Å². The maximum absolute atomic E-state index is 10.00. The predicted octanol–water partition coefficient (Wildman–Crippen LogP) is 3.90. The molecule has 1 saturated carbocycles. The van der Waals surface area contributed by atoms with E-state index in [1.165, 1.54) is 32.1 Å². The van der Waals surface area contributed by atoms with E-state index in [4.69, 9.17) is 0 Å². The van der Waals surface area contributed by atoms with Gasteiger partial charge in [-0.2, -0.15) is 0 Å². The van der Waals surface area contributed by atoms with Gasteiger partial charge < -0.3 is 10.0 Å². The van der Waals surface area contributed by atoms with Gasteiger partial charge in [0.25, 0.3) is 0 Å². The highest BCUT2D eigenvalue weighted by Crippen LogP contribution is 2.24. The molecule has 19 heavy (non-hydrogen) atoms. The van der Waals surface area contributed by atoms with Crippen molar-refractivity contribution in [3.05, 3.63) is 29.3 Å². The van der Waals surface area contributed by atoms with Crippen LogP contribution in [0.4, 0.5) is 0 Å². The quantitative estimate of drug-likeness (QED) is 0.869. The van der Waals surface area contributed by atoms with Crippen molar-refractivity contribution in [1.29, 1.82) is 0 Å². The lowest BCUT2D eigenvalue weighted by Gasteiger charge is -2.31. The molecule has 2 rings (SSSR count). The third-order valence-corrected chi connectivity index (χ3v) is 4.48. The first kappa shape index (κ1) is 14.4. The molecule has 2 heteroatoms. The molecular formula is C17H27NO. The number of aryl methyl sites for hydroxylation is 2. The van der Waals surface area contributed by atoms with Crippen LogP contribution in [0.2, 0.25) is 0 Å². The van der Waals surface area contributed by atoms with Gasteiger partial charge in [-0.3, -0.25) is 0 Å². The van der Waals surface area contributed by atoms with E-state index in [-0.39, 0.29) is 0 Å². The monoisotopic (exact) mass is 261 g/mol. The number of para-hydroxylation sites is 1. The Bertz CT molecular complexity index is 396. The maximum Gasteiger partial charge on any atom is 0.121 e. The van der Waals surface area contributed by atoms with Crippen LogP contribution in [0.3, 0.4) is 0 Å². The third kappa shape index (κ3) is 3.97. The van der Waals surface area contributed by atoms with Crippen LogP contribution in [0.15, 0.2) is 18.2 Å². The first-order chi connectivity index (χ1) is 9.18. The summed E-state index contributed by atoms with van der Waals surface area (Å²) in [7, 11) is 2.26. The zero-order valence-corrected chi connectivity index (χ0v) is 12.4. The number of phenolic OH excluding ortho intramolecular Hbond substituents is 1. The topological polar surface area (TPSA) is 23.5 Å². The maximum atomic E-state index is 10.00. The summed E-state index contributed by atoms with van der Waals surface area (Å²) in [5.41, 5.74) is 2.08. The van der Waals surface area contributed by atoms with E-state index >= 15 is 0 Å². The highest BCUT2D eigenvalue weighted by atomic mass is 16.3. The molecule has 1 aromatic rings. The molecule has 1 aromatic carbocycles. The number of hydrogen-bond acceptors (Lipinski definition) is 2. The van der Waals surface area contributed by atoms with E-state index in [2.05, 4.69) is 11.9 Å². The molecular weight excluding hydrogens is 234 g/mol. The molecule has 1 N–H and O–H groups in total. The molecule has 0 amide bonds. The van der Waals surface area contributed by atoms with Crippen LogP contribution in [0, 0.1) is 6.92 Å². The predicted molar refractivity (Wildman–Crippen MR) is 80.7 cm³/mol. The summed E-state index contributed by atoms with van der Waals surface area (Å²) in [6.07, 6.45) is 9.05. The number of aromatic hydroxyl groups is 1. The van der Waals surface area contributed by atoms with E-state index in [9.17, 15) is 5.11 Å². The van der Waals surface area contributed by atoms with Crippen LogP contribution in [0.1, 0.15) is 49.7 Å². The van der Waals surface area contributed by atoms with Crippen molar-refractivity contribution in [3.8, 4) is 5.75 Å². The lowest BCUT2D eigenvalue weighted by Crippen LogP contribution is -2.34. The Kier molecular flexibility index (Phi) is 5.26. The summed E-state index contributed by atoms with van der Waals surface area (Å²) in [4.78, 5) is 2.52. The summed E-state index contributed by atoms with van der Waals surface area (Å²) in [6, 6.07) is 6.84. The molecule has 0 saturated heterocycles. The van der Waals surface area contributed by atoms with E-state index in [1.54, 1.807) is 0 Å². The number of phenols is 1. The Morgan fingerprint density at radius 2 is 1.95 bits per heavy atom. The second-order valence-corrected chi connectivity index (χ2v) is 5.96. The van der Waals surface area contributed by atoms with Crippen LogP contribution in [-0.2, 0) is 6.42 Å². The molecule has 0 heterocycles. The highest BCUT2D eigenvalue weighted by molar-refractivity contribution is 5.39. The molecule has 0 aromatic heterocycles. The van der Waals surface area contributed by atoms with Gasteiger partial charge in [0.1, 0.15) is 5.75 Å². The van der Waals surface area contributed by atoms with Gasteiger partial charge in [0.05, 0.1) is 0 Å². The minimum absolute atomic E-state index is 0.489. The van der Waals surface area contributed by atoms with Gasteiger partial charge in [-0.1, -0.05) is 37.5 Å². The Labute approximate surface area is 117 Å². The van der Waals surface area contributed by atoms with Crippen molar-refractivity contribution in [2.75, 3.05) is 13.6 Å². The lowest BCUT2D eigenvalue weighted by molar-refractivity contribution is 0.190. The van der Waals surface area contributed by atoms with Gasteiger partial charge in [-0.05, 0) is 57.3 Å². The molecule has 0 bridgehead atoms. The SMILES string of the molecule is Cc1cccc(CCCN(C)C2CCCCC2)c1O. The minimum Gasteiger partial charge on any atom is -0.507 e. The molecule has 0 atom stereocenters. The largest absolute Gasteiger partial charge is 0.507 e. The standard InChI is InChI=1S/C17H27NO/c1-14-8-6-9-15(17(14)19)10-7-13-18(2)16-11-4-3-5-12-16/h6,8-9,16,19H,3-5,7,10-13H2,1-2H3. The van der Waals surface area contributed by atoms with E-state index < -0.39 is 0 Å². The number of rotatable bonds is 5. The summed E-state index contributed by atoms with van der Waals surface area (Å²) in [5, 5.41) is 10.00. The second-order valence-electron chi connectivity index (χ2n) is 5.96. The molecule has 1 fully saturated rings. The van der Waals surface area contributed by atoms with Gasteiger partial charge in [0.15, 0.2) is 0 Å². The van der Waals surface area contributed by atoms with Crippen LogP contribution in [0.25, 0.3) is 0 Å². The van der Waals surface area contributed by atoms with Gasteiger partial charge in [-0.25, -0.2) is 0 Å². The lowest BCUT2D eigenvalue weighted by atomic mass is 9.94. The average molecular weight is 261 g/mol. The van der Waals surface area contributed by atoms with Gasteiger partial charge in [0.2, 0.25) is 0 Å². The Hall–Kier alpha value is -1.02. The van der Waals surface area contributed by atoms with Gasteiger partial charge in [-0.15, -0.1) is 0 Å². The third-order valence-electron chi connectivity index (χ3n) is 4.48. The van der Waals surface area contributed by atoms with Crippen LogP contribution in [0.5, 0.6) is 5.75 Å². The van der Waals surface area contributed by atoms with E-state index in [1.807, 2.05) is 25.1 Å². The second kappa shape index (κ2) is 6.95. The summed E-state index contributed by atoms with van der Waals surface area (Å²) >= 11 is 0.